The summed E-state index contributed by atoms with van der Waals surface area (Å²) in [5.74, 6) is 3.19. The van der Waals surface area contributed by atoms with E-state index in [0.717, 1.165) is 81.4 Å². The molecule has 3 aromatic carbocycles. The molecule has 0 spiro atoms. The number of nitrogens with zero attached hydrogens (tertiary/aromatic N) is 2. The standard InChI is InChI=1S/C48H66N2O6/c1-5-8-11-14-36-18-22-38(23-19-36)47(51)55-42-28-26-41(27-29-42)49-50-45-31-30-44(56-48(52)39-24-20-37(21-25-39)15-12-9-6-2)34-46(45)54-35(4)40-16-13-17-43(33-40)53-32-10-7-3/h13,16-17,26-31,33-39H,5-12,14-15,18-25,32H2,1-4H3. The van der Waals surface area contributed by atoms with Crippen LogP contribution in [-0.2, 0) is 9.59 Å². The highest BCUT2D eigenvalue weighted by atomic mass is 16.5. The van der Waals surface area contributed by atoms with Crippen molar-refractivity contribution >= 4 is 23.3 Å². The Labute approximate surface area is 336 Å². The minimum absolute atomic E-state index is 0.0359. The third-order valence-corrected chi connectivity index (χ3v) is 11.7. The van der Waals surface area contributed by atoms with E-state index in [1.165, 1.54) is 51.4 Å². The van der Waals surface area contributed by atoms with Crippen LogP contribution in [0.2, 0.25) is 0 Å². The molecular weight excluding hydrogens is 701 g/mol. The lowest BCUT2D eigenvalue weighted by Gasteiger charge is -2.27. The first-order valence-electron chi connectivity index (χ1n) is 21.8. The monoisotopic (exact) mass is 766 g/mol. The first kappa shape index (κ1) is 42.9. The van der Waals surface area contributed by atoms with Gasteiger partial charge in [0.15, 0.2) is 5.75 Å². The van der Waals surface area contributed by atoms with Gasteiger partial charge in [0.05, 0.1) is 24.1 Å². The zero-order chi connectivity index (χ0) is 39.5. The molecule has 0 saturated heterocycles. The second-order valence-electron chi connectivity index (χ2n) is 16.1. The molecule has 0 bridgehead atoms. The zero-order valence-corrected chi connectivity index (χ0v) is 34.5. The number of unbranched alkanes of at least 4 members (excludes halogenated alkanes) is 5. The average molecular weight is 767 g/mol. The number of ether oxygens (including phenoxy) is 4. The summed E-state index contributed by atoms with van der Waals surface area (Å²) >= 11 is 0. The minimum atomic E-state index is -0.349. The lowest BCUT2D eigenvalue weighted by atomic mass is 9.80. The lowest BCUT2D eigenvalue weighted by molar-refractivity contribution is -0.141. The summed E-state index contributed by atoms with van der Waals surface area (Å²) in [6, 6.07) is 20.3. The van der Waals surface area contributed by atoms with Crippen LogP contribution in [0.1, 0.15) is 155 Å². The molecule has 1 atom stereocenters. The van der Waals surface area contributed by atoms with Crippen molar-refractivity contribution in [2.75, 3.05) is 6.61 Å². The Morgan fingerprint density at radius 1 is 0.625 bits per heavy atom. The van der Waals surface area contributed by atoms with Crippen LogP contribution in [0.15, 0.2) is 77.0 Å². The van der Waals surface area contributed by atoms with Crippen LogP contribution in [0.4, 0.5) is 11.4 Å². The number of carbonyl (C=O) groups excluding carboxylic acids is 2. The molecule has 2 saturated carbocycles. The molecule has 0 amide bonds. The molecule has 8 nitrogen and oxygen atoms in total. The smallest absolute Gasteiger partial charge is 0.314 e. The van der Waals surface area contributed by atoms with Crippen molar-refractivity contribution in [1.82, 2.24) is 0 Å². The Morgan fingerprint density at radius 3 is 1.79 bits per heavy atom. The van der Waals surface area contributed by atoms with E-state index in [1.807, 2.05) is 31.2 Å². The summed E-state index contributed by atoms with van der Waals surface area (Å²) in [5.41, 5.74) is 2.06. The Kier molecular flexibility index (Phi) is 17.7. The van der Waals surface area contributed by atoms with E-state index in [2.05, 4.69) is 31.0 Å². The maximum absolute atomic E-state index is 13.3. The van der Waals surface area contributed by atoms with E-state index >= 15 is 0 Å². The quantitative estimate of drug-likeness (QED) is 0.0463. The van der Waals surface area contributed by atoms with Crippen molar-refractivity contribution < 1.29 is 28.5 Å². The summed E-state index contributed by atoms with van der Waals surface area (Å²) in [5, 5.41) is 9.06. The fraction of sp³-hybridized carbons (Fsp3) is 0.583. The zero-order valence-electron chi connectivity index (χ0n) is 34.5. The number of rotatable bonds is 21. The predicted molar refractivity (Wildman–Crippen MR) is 223 cm³/mol. The molecule has 0 heterocycles. The van der Waals surface area contributed by atoms with Gasteiger partial charge in [-0.3, -0.25) is 9.59 Å². The molecule has 1 unspecified atom stereocenters. The van der Waals surface area contributed by atoms with E-state index in [9.17, 15) is 9.59 Å². The highest BCUT2D eigenvalue weighted by Crippen LogP contribution is 2.39. The molecule has 2 fully saturated rings. The Hall–Kier alpha value is -4.20. The van der Waals surface area contributed by atoms with Gasteiger partial charge in [-0.05, 0) is 131 Å². The molecule has 2 aliphatic rings. The summed E-state index contributed by atoms with van der Waals surface area (Å²) < 4.78 is 24.2. The molecule has 2 aliphatic carbocycles. The maximum atomic E-state index is 13.3. The third kappa shape index (κ3) is 13.8. The van der Waals surface area contributed by atoms with E-state index in [1.54, 1.807) is 42.5 Å². The number of esters is 2. The molecular formula is C48H66N2O6. The van der Waals surface area contributed by atoms with Crippen LogP contribution >= 0.6 is 0 Å². The van der Waals surface area contributed by atoms with Gasteiger partial charge in [-0.1, -0.05) is 90.7 Å². The summed E-state index contributed by atoms with van der Waals surface area (Å²) in [4.78, 5) is 26.3. The molecule has 5 rings (SSSR count). The Morgan fingerprint density at radius 2 is 1.20 bits per heavy atom. The van der Waals surface area contributed by atoms with Gasteiger partial charge >= 0.3 is 11.9 Å². The van der Waals surface area contributed by atoms with Crippen LogP contribution in [-0.4, -0.2) is 18.5 Å². The summed E-state index contributed by atoms with van der Waals surface area (Å²) in [6.07, 6.45) is 19.8. The van der Waals surface area contributed by atoms with Gasteiger partial charge in [0.25, 0.3) is 0 Å². The average Bonchev–Trinajstić information content (AvgIpc) is 3.22. The van der Waals surface area contributed by atoms with Gasteiger partial charge in [0.2, 0.25) is 0 Å². The SMILES string of the molecule is CCCCCC1CCC(C(=O)Oc2ccc(N=Nc3ccc(OC(=O)C4CCC(CCCCC)CC4)cc3OC(C)c3cccc(OCCCC)c3)cc2)CC1. The first-order chi connectivity index (χ1) is 27.3. The summed E-state index contributed by atoms with van der Waals surface area (Å²) in [6.45, 7) is 9.26. The molecule has 8 heteroatoms. The second-order valence-corrected chi connectivity index (χ2v) is 16.1. The van der Waals surface area contributed by atoms with Gasteiger partial charge in [0, 0.05) is 6.07 Å². The van der Waals surface area contributed by atoms with Gasteiger partial charge in [0.1, 0.15) is 29.0 Å². The number of carbonyl (C=O) groups is 2. The van der Waals surface area contributed by atoms with E-state index in [4.69, 9.17) is 18.9 Å². The molecule has 304 valence electrons. The molecule has 0 aliphatic heterocycles. The van der Waals surface area contributed by atoms with Crippen LogP contribution in [0.3, 0.4) is 0 Å². The topological polar surface area (TPSA) is 95.8 Å². The number of hydrogen-bond acceptors (Lipinski definition) is 8. The fourth-order valence-electron chi connectivity index (χ4n) is 8.02. The Bertz CT molecular complexity index is 1660. The number of azo groups is 1. The third-order valence-electron chi connectivity index (χ3n) is 11.7. The van der Waals surface area contributed by atoms with Crippen molar-refractivity contribution in [3.63, 3.8) is 0 Å². The van der Waals surface area contributed by atoms with Crippen molar-refractivity contribution in [2.45, 2.75) is 149 Å². The van der Waals surface area contributed by atoms with E-state index in [0.29, 0.717) is 41.1 Å². The van der Waals surface area contributed by atoms with Crippen LogP contribution < -0.4 is 18.9 Å². The van der Waals surface area contributed by atoms with E-state index < -0.39 is 0 Å². The molecule has 0 aromatic heterocycles. The minimum Gasteiger partial charge on any atom is -0.494 e. The summed E-state index contributed by atoms with van der Waals surface area (Å²) in [7, 11) is 0. The van der Waals surface area contributed by atoms with Crippen molar-refractivity contribution in [3.8, 4) is 23.0 Å². The second kappa shape index (κ2) is 23.1. The van der Waals surface area contributed by atoms with Crippen LogP contribution in [0.25, 0.3) is 0 Å². The maximum Gasteiger partial charge on any atom is 0.314 e. The van der Waals surface area contributed by atoms with Crippen LogP contribution in [0, 0.1) is 23.7 Å². The van der Waals surface area contributed by atoms with Gasteiger partial charge < -0.3 is 18.9 Å². The fourth-order valence-corrected chi connectivity index (χ4v) is 8.02. The molecule has 0 N–H and O–H groups in total. The Balaban J connectivity index is 1.23. The van der Waals surface area contributed by atoms with Crippen molar-refractivity contribution in [3.05, 3.63) is 72.3 Å². The van der Waals surface area contributed by atoms with Gasteiger partial charge in [-0.25, -0.2) is 0 Å². The van der Waals surface area contributed by atoms with Crippen molar-refractivity contribution in [2.24, 2.45) is 33.9 Å². The van der Waals surface area contributed by atoms with E-state index in [-0.39, 0.29) is 29.9 Å². The molecule has 56 heavy (non-hydrogen) atoms. The highest BCUT2D eigenvalue weighted by Gasteiger charge is 2.29. The highest BCUT2D eigenvalue weighted by molar-refractivity contribution is 5.76. The number of hydrogen-bond donors (Lipinski definition) is 0. The van der Waals surface area contributed by atoms with Gasteiger partial charge in [-0.15, -0.1) is 5.11 Å². The largest absolute Gasteiger partial charge is 0.494 e. The normalized spacial score (nSPS) is 20.4. The molecule has 0 radical (unpaired) electrons. The van der Waals surface area contributed by atoms with Gasteiger partial charge in [-0.2, -0.15) is 5.11 Å². The first-order valence-corrected chi connectivity index (χ1v) is 21.8. The number of benzene rings is 3. The predicted octanol–water partition coefficient (Wildman–Crippen LogP) is 14.0. The molecule has 3 aromatic rings. The van der Waals surface area contributed by atoms with Crippen LogP contribution in [0.5, 0.6) is 23.0 Å². The van der Waals surface area contributed by atoms with Crippen molar-refractivity contribution in [1.29, 1.82) is 0 Å². The lowest BCUT2D eigenvalue weighted by Crippen LogP contribution is -2.25.